The second-order valence-corrected chi connectivity index (χ2v) is 10.4. The van der Waals surface area contributed by atoms with Gasteiger partial charge in [-0.3, -0.25) is 14.5 Å². The predicted molar refractivity (Wildman–Crippen MR) is 161 cm³/mol. The van der Waals surface area contributed by atoms with E-state index in [-0.39, 0.29) is 34.3 Å². The highest BCUT2D eigenvalue weighted by molar-refractivity contribution is 6.31. The maximum Gasteiger partial charge on any atom is 0.338 e. The Labute approximate surface area is 248 Å². The average molecular weight is 590 g/mol. The van der Waals surface area contributed by atoms with Crippen LogP contribution in [0.2, 0.25) is 5.02 Å². The fourth-order valence-electron chi connectivity index (χ4n) is 5.18. The molecule has 1 aliphatic rings. The minimum absolute atomic E-state index is 0.0514. The summed E-state index contributed by atoms with van der Waals surface area (Å²) < 4.78 is 22.8. The first-order valence-corrected chi connectivity index (χ1v) is 14.4. The molecule has 218 valence electrons. The molecule has 0 N–H and O–H groups in total. The molecular weight excluding hydrogens is 558 g/mol. The lowest BCUT2D eigenvalue weighted by Gasteiger charge is -2.26. The van der Waals surface area contributed by atoms with E-state index in [0.29, 0.717) is 39.9 Å². The number of rotatable bonds is 11. The molecular formula is C33H32ClNO7. The summed E-state index contributed by atoms with van der Waals surface area (Å²) in [7, 11) is 1.55. The van der Waals surface area contributed by atoms with Crippen molar-refractivity contribution >= 4 is 40.1 Å². The lowest BCUT2D eigenvalue weighted by atomic mass is 9.97. The van der Waals surface area contributed by atoms with E-state index in [0.717, 1.165) is 25.7 Å². The average Bonchev–Trinajstić information content (AvgIpc) is 3.29. The van der Waals surface area contributed by atoms with Crippen LogP contribution in [0, 0.1) is 0 Å². The molecule has 0 bridgehead atoms. The van der Waals surface area contributed by atoms with Crippen molar-refractivity contribution in [3.05, 3.63) is 98.4 Å². The van der Waals surface area contributed by atoms with E-state index >= 15 is 0 Å². The van der Waals surface area contributed by atoms with Crippen molar-refractivity contribution in [1.82, 2.24) is 0 Å². The molecule has 2 heterocycles. The van der Waals surface area contributed by atoms with Gasteiger partial charge < -0.3 is 18.6 Å². The molecule has 0 radical (unpaired) electrons. The molecule has 42 heavy (non-hydrogen) atoms. The van der Waals surface area contributed by atoms with E-state index in [1.165, 1.54) is 11.0 Å². The third-order valence-electron chi connectivity index (χ3n) is 7.25. The molecule has 9 heteroatoms. The highest BCUT2D eigenvalue weighted by Gasteiger charge is 2.44. The summed E-state index contributed by atoms with van der Waals surface area (Å²) in [6, 6.07) is 15.7. The summed E-state index contributed by atoms with van der Waals surface area (Å²) in [5.74, 6) is 0.0545. The summed E-state index contributed by atoms with van der Waals surface area (Å²) in [5, 5.41) is 0.654. The number of nitrogens with zero attached hydrogens (tertiary/aromatic N) is 1. The first-order chi connectivity index (χ1) is 20.4. The van der Waals surface area contributed by atoms with Crippen LogP contribution in [-0.4, -0.2) is 32.2 Å². The molecule has 0 saturated carbocycles. The number of amides is 1. The van der Waals surface area contributed by atoms with Crippen LogP contribution in [0.1, 0.15) is 77.6 Å². The predicted octanol–water partition coefficient (Wildman–Crippen LogP) is 7.34. The minimum Gasteiger partial charge on any atom is -0.493 e. The second kappa shape index (κ2) is 12.7. The molecule has 1 aliphatic heterocycles. The molecule has 0 spiro atoms. The molecule has 8 nitrogen and oxygen atoms in total. The fourth-order valence-corrected chi connectivity index (χ4v) is 5.36. The van der Waals surface area contributed by atoms with Gasteiger partial charge in [0.2, 0.25) is 5.76 Å². The number of hydrogen-bond donors (Lipinski definition) is 0. The topological polar surface area (TPSA) is 95.3 Å². The summed E-state index contributed by atoms with van der Waals surface area (Å²) in [4.78, 5) is 41.6. The Morgan fingerprint density at radius 1 is 0.952 bits per heavy atom. The number of halogens is 1. The van der Waals surface area contributed by atoms with Crippen LogP contribution in [0.4, 0.5) is 5.69 Å². The number of benzene rings is 3. The fraction of sp³-hybridized carbons (Fsp3) is 0.303. The maximum absolute atomic E-state index is 13.9. The van der Waals surface area contributed by atoms with Gasteiger partial charge in [-0.25, -0.2) is 4.79 Å². The SMILES string of the molecule is CCCCCCOc1ccc(C2c3c(oc4ccc(Cl)cc4c3=O)C(=O)N2c2ccc(C(=O)OCC)cc2)cc1OC. The number of hydrogen-bond acceptors (Lipinski definition) is 7. The molecule has 3 aromatic carbocycles. The molecule has 0 fully saturated rings. The Morgan fingerprint density at radius 3 is 2.45 bits per heavy atom. The van der Waals surface area contributed by atoms with E-state index in [1.54, 1.807) is 62.6 Å². The quantitative estimate of drug-likeness (QED) is 0.133. The standard InChI is InChI=1S/C33H32ClNO7/c1-4-6-7-8-17-41-26-15-11-21(18-27(26)39-3)29-28-30(36)24-19-22(34)12-16-25(24)42-31(28)32(37)35(29)23-13-9-20(10-14-23)33(38)40-5-2/h9-16,18-19,29H,4-8,17H2,1-3H3. The van der Waals surface area contributed by atoms with Gasteiger partial charge in [0, 0.05) is 10.7 Å². The first kappa shape index (κ1) is 29.2. The zero-order valence-corrected chi connectivity index (χ0v) is 24.5. The molecule has 1 unspecified atom stereocenters. The summed E-state index contributed by atoms with van der Waals surface area (Å²) >= 11 is 6.21. The molecule has 1 atom stereocenters. The number of carbonyl (C=O) groups excluding carboxylic acids is 2. The molecule has 0 saturated heterocycles. The van der Waals surface area contributed by atoms with E-state index in [9.17, 15) is 14.4 Å². The van der Waals surface area contributed by atoms with Gasteiger partial charge >= 0.3 is 5.97 Å². The Hall–Kier alpha value is -4.30. The summed E-state index contributed by atoms with van der Waals surface area (Å²) in [6.45, 7) is 4.68. The van der Waals surface area contributed by atoms with Gasteiger partial charge in [-0.05, 0) is 73.5 Å². The van der Waals surface area contributed by atoms with Crippen molar-refractivity contribution < 1.29 is 28.2 Å². The lowest BCUT2D eigenvalue weighted by molar-refractivity contribution is 0.0526. The largest absolute Gasteiger partial charge is 0.493 e. The third kappa shape index (κ3) is 5.59. The van der Waals surface area contributed by atoms with Gasteiger partial charge in [-0.1, -0.05) is 43.9 Å². The molecule has 1 aromatic heterocycles. The second-order valence-electron chi connectivity index (χ2n) is 9.98. The van der Waals surface area contributed by atoms with E-state index < -0.39 is 17.9 Å². The highest BCUT2D eigenvalue weighted by atomic mass is 35.5. The van der Waals surface area contributed by atoms with Crippen molar-refractivity contribution in [1.29, 1.82) is 0 Å². The summed E-state index contributed by atoms with van der Waals surface area (Å²) in [5.41, 5.74) is 1.55. The van der Waals surface area contributed by atoms with Crippen molar-refractivity contribution in [2.75, 3.05) is 25.2 Å². The van der Waals surface area contributed by atoms with Gasteiger partial charge in [0.15, 0.2) is 16.9 Å². The van der Waals surface area contributed by atoms with E-state index in [1.807, 2.05) is 6.07 Å². The van der Waals surface area contributed by atoms with Gasteiger partial charge in [0.1, 0.15) is 5.58 Å². The van der Waals surface area contributed by atoms with Crippen LogP contribution in [0.3, 0.4) is 0 Å². The number of fused-ring (bicyclic) bond motifs is 2. The number of methoxy groups -OCH3 is 1. The number of ether oxygens (including phenoxy) is 3. The van der Waals surface area contributed by atoms with Crippen LogP contribution >= 0.6 is 11.6 Å². The van der Waals surface area contributed by atoms with Gasteiger partial charge in [0.05, 0.1) is 42.9 Å². The zero-order valence-electron chi connectivity index (χ0n) is 23.8. The smallest absolute Gasteiger partial charge is 0.338 e. The Kier molecular flexibility index (Phi) is 8.83. The number of esters is 1. The molecule has 5 rings (SSSR count). The molecule has 4 aromatic rings. The zero-order chi connectivity index (χ0) is 29.8. The van der Waals surface area contributed by atoms with Gasteiger partial charge in [-0.2, -0.15) is 0 Å². The van der Waals surface area contributed by atoms with E-state index in [2.05, 4.69) is 6.92 Å². The van der Waals surface area contributed by atoms with Crippen molar-refractivity contribution in [3.63, 3.8) is 0 Å². The number of anilines is 1. The Balaban J connectivity index is 1.61. The first-order valence-electron chi connectivity index (χ1n) is 14.1. The van der Waals surface area contributed by atoms with Crippen LogP contribution in [-0.2, 0) is 4.74 Å². The minimum atomic E-state index is -0.840. The van der Waals surface area contributed by atoms with E-state index in [4.69, 9.17) is 30.2 Å². The Morgan fingerprint density at radius 2 is 1.74 bits per heavy atom. The third-order valence-corrected chi connectivity index (χ3v) is 7.48. The van der Waals surface area contributed by atoms with Gasteiger partial charge in [0.25, 0.3) is 5.91 Å². The monoisotopic (exact) mass is 589 g/mol. The van der Waals surface area contributed by atoms with Crippen LogP contribution in [0.15, 0.2) is 69.9 Å². The normalized spacial score (nSPS) is 14.2. The lowest BCUT2D eigenvalue weighted by Crippen LogP contribution is -2.29. The van der Waals surface area contributed by atoms with Crippen LogP contribution in [0.5, 0.6) is 11.5 Å². The maximum atomic E-state index is 13.9. The van der Waals surface area contributed by atoms with Crippen LogP contribution < -0.4 is 19.8 Å². The highest BCUT2D eigenvalue weighted by Crippen LogP contribution is 2.43. The Bertz CT molecular complexity index is 1680. The van der Waals surface area contributed by atoms with Gasteiger partial charge in [-0.15, -0.1) is 0 Å². The van der Waals surface area contributed by atoms with Crippen molar-refractivity contribution in [2.45, 2.75) is 45.6 Å². The van der Waals surface area contributed by atoms with Crippen LogP contribution in [0.25, 0.3) is 11.0 Å². The number of carbonyl (C=O) groups is 2. The number of unbranched alkanes of at least 4 members (excludes halogenated alkanes) is 3. The van der Waals surface area contributed by atoms with Crippen molar-refractivity contribution in [3.8, 4) is 11.5 Å². The summed E-state index contributed by atoms with van der Waals surface area (Å²) in [6.07, 6.45) is 4.29. The van der Waals surface area contributed by atoms with Crippen molar-refractivity contribution in [2.24, 2.45) is 0 Å². The molecule has 1 amide bonds. The molecule has 0 aliphatic carbocycles.